The number of nitrogens with zero attached hydrogens (tertiary/aromatic N) is 3. The molecule has 0 bridgehead atoms. The molecule has 0 fully saturated rings. The molecule has 24 heavy (non-hydrogen) atoms. The fourth-order valence-electron chi connectivity index (χ4n) is 2.14. The minimum atomic E-state index is 0.422. The van der Waals surface area contributed by atoms with Crippen molar-refractivity contribution < 1.29 is 9.47 Å². The van der Waals surface area contributed by atoms with E-state index in [0.29, 0.717) is 10.6 Å². The zero-order chi connectivity index (χ0) is 16.9. The Morgan fingerprint density at radius 2 is 1.58 bits per heavy atom. The molecule has 0 saturated heterocycles. The second kappa shape index (κ2) is 7.10. The largest absolute Gasteiger partial charge is 0.497 e. The van der Waals surface area contributed by atoms with Crippen molar-refractivity contribution in [1.29, 1.82) is 0 Å². The summed E-state index contributed by atoms with van der Waals surface area (Å²) < 4.78 is 12.3. The quantitative estimate of drug-likeness (QED) is 0.570. The Bertz CT molecular complexity index is 896. The van der Waals surface area contributed by atoms with Gasteiger partial charge in [0, 0.05) is 5.56 Å². The van der Waals surface area contributed by atoms with E-state index in [1.165, 1.54) is 0 Å². The number of benzene rings is 2. The van der Waals surface area contributed by atoms with Crippen molar-refractivity contribution in [2.75, 3.05) is 14.2 Å². The maximum atomic E-state index is 5.26. The van der Waals surface area contributed by atoms with E-state index < -0.39 is 0 Å². The third-order valence-electron chi connectivity index (χ3n) is 3.44. The molecule has 122 valence electrons. The van der Waals surface area contributed by atoms with Crippen LogP contribution >= 0.6 is 12.2 Å². The van der Waals surface area contributed by atoms with Gasteiger partial charge >= 0.3 is 0 Å². The zero-order valence-corrected chi connectivity index (χ0v) is 14.1. The topological polar surface area (TPSA) is 64.4 Å². The first kappa shape index (κ1) is 15.9. The van der Waals surface area contributed by atoms with Crippen LogP contribution < -0.4 is 9.47 Å². The van der Waals surface area contributed by atoms with Gasteiger partial charge in [-0.15, -0.1) is 0 Å². The van der Waals surface area contributed by atoms with E-state index in [4.69, 9.17) is 21.7 Å². The Kier molecular flexibility index (Phi) is 4.72. The molecule has 3 rings (SSSR count). The van der Waals surface area contributed by atoms with Crippen LogP contribution in [0.1, 0.15) is 5.56 Å². The summed E-state index contributed by atoms with van der Waals surface area (Å²) in [6.45, 7) is 0. The van der Waals surface area contributed by atoms with Crippen LogP contribution in [0.3, 0.4) is 0 Å². The molecule has 1 heterocycles. The molecule has 0 radical (unpaired) electrons. The Morgan fingerprint density at radius 3 is 2.17 bits per heavy atom. The van der Waals surface area contributed by atoms with E-state index in [1.807, 2.05) is 48.5 Å². The highest BCUT2D eigenvalue weighted by Crippen LogP contribution is 2.20. The molecule has 2 aromatic carbocycles. The molecular weight excluding hydrogens is 324 g/mol. The fraction of sp³-hybridized carbons (Fsp3) is 0.118. The summed E-state index contributed by atoms with van der Waals surface area (Å²) in [5.74, 6) is 2.21. The molecule has 3 aromatic rings. The van der Waals surface area contributed by atoms with Crippen LogP contribution in [0, 0.1) is 4.77 Å². The van der Waals surface area contributed by atoms with Gasteiger partial charge < -0.3 is 9.47 Å². The SMILES string of the molecule is COc1ccc(/C=N\n2c(-c3ccc(OC)cc3)n[nH]c2=S)cc1. The minimum absolute atomic E-state index is 0.422. The fourth-order valence-corrected chi connectivity index (χ4v) is 2.32. The normalized spacial score (nSPS) is 10.9. The summed E-state index contributed by atoms with van der Waals surface area (Å²) in [4.78, 5) is 0. The van der Waals surface area contributed by atoms with Gasteiger partial charge in [-0.25, -0.2) is 5.10 Å². The lowest BCUT2D eigenvalue weighted by Crippen LogP contribution is -1.95. The molecular formula is C17H16N4O2S. The van der Waals surface area contributed by atoms with Gasteiger partial charge in [0.25, 0.3) is 0 Å². The zero-order valence-electron chi connectivity index (χ0n) is 13.3. The lowest BCUT2D eigenvalue weighted by Gasteiger charge is -2.03. The first-order valence-electron chi connectivity index (χ1n) is 7.21. The van der Waals surface area contributed by atoms with Gasteiger partial charge in [0.1, 0.15) is 11.5 Å². The smallest absolute Gasteiger partial charge is 0.216 e. The molecule has 0 aliphatic rings. The van der Waals surface area contributed by atoms with Gasteiger partial charge in [-0.3, -0.25) is 0 Å². The van der Waals surface area contributed by atoms with E-state index in [0.717, 1.165) is 22.6 Å². The molecule has 0 amide bonds. The lowest BCUT2D eigenvalue weighted by atomic mass is 10.2. The second-order valence-electron chi connectivity index (χ2n) is 4.91. The van der Waals surface area contributed by atoms with Gasteiger partial charge in [0.05, 0.1) is 20.4 Å². The molecule has 1 aromatic heterocycles. The van der Waals surface area contributed by atoms with Gasteiger partial charge in [0.15, 0.2) is 5.82 Å². The van der Waals surface area contributed by atoms with Gasteiger partial charge in [-0.2, -0.15) is 14.9 Å². The molecule has 7 heteroatoms. The first-order valence-corrected chi connectivity index (χ1v) is 7.62. The number of rotatable bonds is 5. The minimum Gasteiger partial charge on any atom is -0.497 e. The van der Waals surface area contributed by atoms with Gasteiger partial charge in [-0.05, 0) is 66.3 Å². The van der Waals surface area contributed by atoms with Gasteiger partial charge in [-0.1, -0.05) is 0 Å². The van der Waals surface area contributed by atoms with Crippen LogP contribution in [0.4, 0.5) is 0 Å². The van der Waals surface area contributed by atoms with Crippen molar-refractivity contribution in [3.63, 3.8) is 0 Å². The maximum Gasteiger partial charge on any atom is 0.216 e. The Morgan fingerprint density at radius 1 is 1.00 bits per heavy atom. The standard InChI is InChI=1S/C17H16N4O2S/c1-22-14-7-3-12(4-8-14)11-18-21-16(19-20-17(21)24)13-5-9-15(23-2)10-6-13/h3-11H,1-2H3,(H,20,24)/b18-11-. The summed E-state index contributed by atoms with van der Waals surface area (Å²) in [6, 6.07) is 15.1. The molecule has 0 unspecified atom stereocenters. The highest BCUT2D eigenvalue weighted by molar-refractivity contribution is 7.71. The van der Waals surface area contributed by atoms with Crippen LogP contribution in [0.25, 0.3) is 11.4 Å². The lowest BCUT2D eigenvalue weighted by molar-refractivity contribution is 0.414. The summed E-state index contributed by atoms with van der Waals surface area (Å²) in [6.07, 6.45) is 1.72. The molecule has 0 aliphatic heterocycles. The summed E-state index contributed by atoms with van der Waals surface area (Å²) in [5.41, 5.74) is 1.81. The van der Waals surface area contributed by atoms with Crippen LogP contribution in [-0.2, 0) is 0 Å². The predicted molar refractivity (Wildman–Crippen MR) is 95.4 cm³/mol. The average Bonchev–Trinajstić information content (AvgIpc) is 3.01. The van der Waals surface area contributed by atoms with Gasteiger partial charge in [0.2, 0.25) is 4.77 Å². The Balaban J connectivity index is 1.91. The number of aromatic amines is 1. The number of hydrogen-bond acceptors (Lipinski definition) is 5. The number of aromatic nitrogens is 3. The Labute approximate surface area is 144 Å². The molecule has 0 atom stereocenters. The summed E-state index contributed by atoms with van der Waals surface area (Å²) in [5, 5.41) is 11.5. The van der Waals surface area contributed by atoms with E-state index in [9.17, 15) is 0 Å². The molecule has 0 spiro atoms. The second-order valence-corrected chi connectivity index (χ2v) is 5.30. The first-order chi connectivity index (χ1) is 11.7. The van der Waals surface area contributed by atoms with Crippen LogP contribution in [-0.4, -0.2) is 35.3 Å². The molecule has 6 nitrogen and oxygen atoms in total. The number of hydrogen-bond donors (Lipinski definition) is 1. The highest BCUT2D eigenvalue weighted by atomic mass is 32.1. The molecule has 0 aliphatic carbocycles. The molecule has 0 saturated carbocycles. The third kappa shape index (κ3) is 3.36. The Hall–Kier alpha value is -2.93. The molecule has 1 N–H and O–H groups in total. The van der Waals surface area contributed by atoms with E-state index >= 15 is 0 Å². The third-order valence-corrected chi connectivity index (χ3v) is 3.70. The van der Waals surface area contributed by atoms with Crippen molar-refractivity contribution in [3.8, 4) is 22.9 Å². The average molecular weight is 340 g/mol. The van der Waals surface area contributed by atoms with Crippen molar-refractivity contribution in [3.05, 3.63) is 58.9 Å². The summed E-state index contributed by atoms with van der Waals surface area (Å²) >= 11 is 5.26. The highest BCUT2D eigenvalue weighted by Gasteiger charge is 2.08. The number of H-pyrrole nitrogens is 1. The van der Waals surface area contributed by atoms with Crippen molar-refractivity contribution >= 4 is 18.4 Å². The van der Waals surface area contributed by atoms with E-state index in [1.54, 1.807) is 25.1 Å². The van der Waals surface area contributed by atoms with Crippen molar-refractivity contribution in [2.24, 2.45) is 5.10 Å². The van der Waals surface area contributed by atoms with Crippen LogP contribution in [0.5, 0.6) is 11.5 Å². The van der Waals surface area contributed by atoms with Crippen molar-refractivity contribution in [1.82, 2.24) is 14.9 Å². The predicted octanol–water partition coefficient (Wildman–Crippen LogP) is 3.51. The number of methoxy groups -OCH3 is 2. The van der Waals surface area contributed by atoms with Crippen LogP contribution in [0.2, 0.25) is 0 Å². The monoisotopic (exact) mass is 340 g/mol. The summed E-state index contributed by atoms with van der Waals surface area (Å²) in [7, 11) is 3.26. The number of ether oxygens (including phenoxy) is 2. The maximum absolute atomic E-state index is 5.26. The van der Waals surface area contributed by atoms with E-state index in [2.05, 4.69) is 15.3 Å². The number of nitrogens with one attached hydrogen (secondary N) is 1. The van der Waals surface area contributed by atoms with Crippen molar-refractivity contribution in [2.45, 2.75) is 0 Å². The van der Waals surface area contributed by atoms with Crippen LogP contribution in [0.15, 0.2) is 53.6 Å². The van der Waals surface area contributed by atoms with E-state index in [-0.39, 0.29) is 0 Å².